The van der Waals surface area contributed by atoms with E-state index in [9.17, 15) is 4.79 Å². The van der Waals surface area contributed by atoms with Crippen molar-refractivity contribution in [3.8, 4) is 6.07 Å². The van der Waals surface area contributed by atoms with Gasteiger partial charge in [0.2, 0.25) is 11.9 Å². The SMILES string of the molecule is CCCc1cc(N2CCCC(NC(=O)CO)C2)nc(Nc2cccc(C#N)c2)n1. The van der Waals surface area contributed by atoms with Crippen molar-refractivity contribution in [3.63, 3.8) is 0 Å². The quantitative estimate of drug-likeness (QED) is 0.659. The summed E-state index contributed by atoms with van der Waals surface area (Å²) in [5, 5.41) is 24.1. The lowest BCUT2D eigenvalue weighted by Crippen LogP contribution is -2.48. The second kappa shape index (κ2) is 9.85. The van der Waals surface area contributed by atoms with E-state index in [0.29, 0.717) is 18.1 Å². The van der Waals surface area contributed by atoms with Crippen molar-refractivity contribution in [3.05, 3.63) is 41.6 Å². The molecule has 1 unspecified atom stereocenters. The van der Waals surface area contributed by atoms with Gasteiger partial charge in [-0.05, 0) is 37.5 Å². The highest BCUT2D eigenvalue weighted by atomic mass is 16.3. The maximum absolute atomic E-state index is 11.5. The lowest BCUT2D eigenvalue weighted by atomic mass is 10.1. The molecule has 152 valence electrons. The van der Waals surface area contributed by atoms with Crippen LogP contribution in [0.3, 0.4) is 0 Å². The van der Waals surface area contributed by atoms with Gasteiger partial charge in [-0.1, -0.05) is 19.4 Å². The zero-order chi connectivity index (χ0) is 20.6. The van der Waals surface area contributed by atoms with Gasteiger partial charge in [-0.3, -0.25) is 4.79 Å². The van der Waals surface area contributed by atoms with Gasteiger partial charge in [0, 0.05) is 36.6 Å². The van der Waals surface area contributed by atoms with Crippen LogP contribution in [0.5, 0.6) is 0 Å². The smallest absolute Gasteiger partial charge is 0.245 e. The number of aromatic nitrogens is 2. The molecule has 1 amide bonds. The van der Waals surface area contributed by atoms with Crippen molar-refractivity contribution in [2.75, 3.05) is 29.9 Å². The van der Waals surface area contributed by atoms with Crippen molar-refractivity contribution in [2.45, 2.75) is 38.6 Å². The van der Waals surface area contributed by atoms with E-state index < -0.39 is 6.61 Å². The summed E-state index contributed by atoms with van der Waals surface area (Å²) in [7, 11) is 0. The molecule has 0 spiro atoms. The predicted molar refractivity (Wildman–Crippen MR) is 111 cm³/mol. The van der Waals surface area contributed by atoms with Crippen LogP contribution in [0.1, 0.15) is 37.4 Å². The fraction of sp³-hybridized carbons (Fsp3) is 0.429. The van der Waals surface area contributed by atoms with Gasteiger partial charge in [0.15, 0.2) is 0 Å². The number of hydrogen-bond donors (Lipinski definition) is 3. The minimum atomic E-state index is -0.500. The topological polar surface area (TPSA) is 114 Å². The number of nitrogens with one attached hydrogen (secondary N) is 2. The Labute approximate surface area is 170 Å². The van der Waals surface area contributed by atoms with Gasteiger partial charge < -0.3 is 20.6 Å². The van der Waals surface area contributed by atoms with Gasteiger partial charge >= 0.3 is 0 Å². The molecule has 1 aliphatic rings. The average molecular weight is 394 g/mol. The first-order valence-electron chi connectivity index (χ1n) is 9.91. The van der Waals surface area contributed by atoms with Crippen molar-refractivity contribution in [1.29, 1.82) is 5.26 Å². The number of aliphatic hydroxyl groups is 1. The number of piperidine rings is 1. The number of amides is 1. The number of anilines is 3. The monoisotopic (exact) mass is 394 g/mol. The summed E-state index contributed by atoms with van der Waals surface area (Å²) in [5.74, 6) is 0.943. The molecule has 1 aromatic carbocycles. The number of carbonyl (C=O) groups excluding carboxylic acids is 1. The number of nitriles is 1. The fourth-order valence-corrected chi connectivity index (χ4v) is 3.46. The molecule has 3 N–H and O–H groups in total. The first kappa shape index (κ1) is 20.6. The van der Waals surface area contributed by atoms with Crippen LogP contribution >= 0.6 is 0 Å². The summed E-state index contributed by atoms with van der Waals surface area (Å²) in [6.07, 6.45) is 3.60. The first-order valence-corrected chi connectivity index (χ1v) is 9.91. The van der Waals surface area contributed by atoms with Crippen LogP contribution in [0.25, 0.3) is 0 Å². The zero-order valence-electron chi connectivity index (χ0n) is 16.6. The second-order valence-corrected chi connectivity index (χ2v) is 7.12. The van der Waals surface area contributed by atoms with Gasteiger partial charge in [0.05, 0.1) is 11.6 Å². The van der Waals surface area contributed by atoms with Gasteiger partial charge in [0.1, 0.15) is 12.4 Å². The molecule has 0 aliphatic carbocycles. The lowest BCUT2D eigenvalue weighted by molar-refractivity contribution is -0.124. The van der Waals surface area contributed by atoms with Crippen molar-refractivity contribution in [1.82, 2.24) is 15.3 Å². The van der Waals surface area contributed by atoms with E-state index in [0.717, 1.165) is 49.4 Å². The molecule has 2 aromatic rings. The van der Waals surface area contributed by atoms with Crippen LogP contribution in [0.4, 0.5) is 17.5 Å². The van der Waals surface area contributed by atoms with Crippen LogP contribution < -0.4 is 15.5 Å². The van der Waals surface area contributed by atoms with Gasteiger partial charge in [0.25, 0.3) is 0 Å². The van der Waals surface area contributed by atoms with Gasteiger partial charge in [-0.2, -0.15) is 10.2 Å². The number of aliphatic hydroxyl groups excluding tert-OH is 1. The highest BCUT2D eigenvalue weighted by Gasteiger charge is 2.23. The Kier molecular flexibility index (Phi) is 6.98. The standard InChI is InChI=1S/C21H26N6O2/c1-2-5-16-11-19(27-9-4-8-18(13-27)23-20(29)14-28)26-21(24-16)25-17-7-3-6-15(10-17)12-22/h3,6-7,10-11,18,28H,2,4-5,8-9,13-14H2,1H3,(H,23,29)(H,24,25,26). The number of hydrogen-bond acceptors (Lipinski definition) is 7. The van der Waals surface area contributed by atoms with Crippen LogP contribution in [0, 0.1) is 11.3 Å². The third-order valence-electron chi connectivity index (χ3n) is 4.77. The van der Waals surface area contributed by atoms with Crippen molar-refractivity contribution < 1.29 is 9.90 Å². The van der Waals surface area contributed by atoms with E-state index in [1.54, 1.807) is 12.1 Å². The fourth-order valence-electron chi connectivity index (χ4n) is 3.46. The molecule has 2 heterocycles. The number of rotatable bonds is 7. The Morgan fingerprint density at radius 3 is 3.00 bits per heavy atom. The Morgan fingerprint density at radius 1 is 1.38 bits per heavy atom. The average Bonchev–Trinajstić information content (AvgIpc) is 2.74. The molecule has 1 fully saturated rings. The highest BCUT2D eigenvalue weighted by Crippen LogP contribution is 2.23. The van der Waals surface area contributed by atoms with E-state index in [4.69, 9.17) is 10.4 Å². The molecular formula is C21H26N6O2. The maximum Gasteiger partial charge on any atom is 0.245 e. The second-order valence-electron chi connectivity index (χ2n) is 7.12. The minimum absolute atomic E-state index is 0.0169. The first-order chi connectivity index (χ1) is 14.1. The largest absolute Gasteiger partial charge is 0.387 e. The highest BCUT2D eigenvalue weighted by molar-refractivity contribution is 5.77. The van der Waals surface area contributed by atoms with E-state index in [-0.39, 0.29) is 11.9 Å². The third-order valence-corrected chi connectivity index (χ3v) is 4.77. The van der Waals surface area contributed by atoms with E-state index in [2.05, 4.69) is 38.5 Å². The Hall–Kier alpha value is -3.18. The molecule has 8 heteroatoms. The summed E-state index contributed by atoms with van der Waals surface area (Å²) in [6, 6.07) is 11.3. The molecule has 1 aliphatic heterocycles. The third kappa shape index (κ3) is 5.65. The number of nitrogens with zero attached hydrogens (tertiary/aromatic N) is 4. The molecule has 29 heavy (non-hydrogen) atoms. The molecule has 0 bridgehead atoms. The summed E-state index contributed by atoms with van der Waals surface area (Å²) >= 11 is 0. The molecule has 1 aromatic heterocycles. The molecule has 1 saturated heterocycles. The van der Waals surface area contributed by atoms with Gasteiger partial charge in [-0.25, -0.2) is 4.98 Å². The minimum Gasteiger partial charge on any atom is -0.387 e. The molecule has 3 rings (SSSR count). The molecule has 0 saturated carbocycles. The van der Waals surface area contributed by atoms with Crippen molar-refractivity contribution in [2.24, 2.45) is 0 Å². The number of aryl methyl sites for hydroxylation is 1. The van der Waals surface area contributed by atoms with E-state index >= 15 is 0 Å². The van der Waals surface area contributed by atoms with E-state index in [1.807, 2.05) is 18.2 Å². The van der Waals surface area contributed by atoms with E-state index in [1.165, 1.54) is 0 Å². The van der Waals surface area contributed by atoms with Crippen molar-refractivity contribution >= 4 is 23.4 Å². The van der Waals surface area contributed by atoms with Crippen LogP contribution in [-0.2, 0) is 11.2 Å². The summed E-state index contributed by atoms with van der Waals surface area (Å²) < 4.78 is 0. The zero-order valence-corrected chi connectivity index (χ0v) is 16.6. The van der Waals surface area contributed by atoms with Crippen LogP contribution in [-0.4, -0.2) is 46.7 Å². The molecule has 1 atom stereocenters. The van der Waals surface area contributed by atoms with Gasteiger partial charge in [-0.15, -0.1) is 0 Å². The molecule has 0 radical (unpaired) electrons. The number of benzene rings is 1. The summed E-state index contributed by atoms with van der Waals surface area (Å²) in [4.78, 5) is 23.0. The predicted octanol–water partition coefficient (Wildman–Crippen LogP) is 2.12. The molecule has 8 nitrogen and oxygen atoms in total. The van der Waals surface area contributed by atoms with Crippen LogP contribution in [0.15, 0.2) is 30.3 Å². The van der Waals surface area contributed by atoms with Crippen LogP contribution in [0.2, 0.25) is 0 Å². The number of carbonyl (C=O) groups is 1. The Morgan fingerprint density at radius 2 is 2.24 bits per heavy atom. The lowest BCUT2D eigenvalue weighted by Gasteiger charge is -2.34. The Balaban J connectivity index is 1.82. The summed E-state index contributed by atoms with van der Waals surface area (Å²) in [5.41, 5.74) is 2.27. The normalized spacial score (nSPS) is 16.2. The Bertz CT molecular complexity index is 895. The maximum atomic E-state index is 11.5. The summed E-state index contributed by atoms with van der Waals surface area (Å²) in [6.45, 7) is 3.09. The molecular weight excluding hydrogens is 368 g/mol.